The van der Waals surface area contributed by atoms with E-state index in [-0.39, 0.29) is 0 Å². The molecule has 0 N–H and O–H groups in total. The average Bonchev–Trinajstić information content (AvgIpc) is 2.26. The van der Waals surface area contributed by atoms with Crippen LogP contribution in [0.2, 0.25) is 0 Å². The number of hydrogen-bond donors (Lipinski definition) is 0. The van der Waals surface area contributed by atoms with Gasteiger partial charge in [-0.3, -0.25) is 4.98 Å². The second-order valence-electron chi connectivity index (χ2n) is 3.31. The molecule has 0 unspecified atom stereocenters. The molecule has 0 atom stereocenters. The molecule has 0 fully saturated rings. The largest absolute Gasteiger partial charge is 0.483 e. The Labute approximate surface area is 93.9 Å². The molecule has 0 bridgehead atoms. The van der Waals surface area contributed by atoms with E-state index in [1.165, 1.54) is 0 Å². The first-order valence-corrected chi connectivity index (χ1v) is 5.13. The lowest BCUT2D eigenvalue weighted by molar-refractivity contribution is 0.299. The lowest BCUT2D eigenvalue weighted by Crippen LogP contribution is -1.96. The highest BCUT2D eigenvalue weighted by molar-refractivity contribution is 7.80. The summed E-state index contributed by atoms with van der Waals surface area (Å²) in [6.45, 7) is 2.30. The van der Waals surface area contributed by atoms with Crippen molar-refractivity contribution >= 4 is 28.2 Å². The number of aromatic nitrogens is 1. The normalized spacial score (nSPS) is 10.2. The van der Waals surface area contributed by atoms with Crippen LogP contribution in [0.15, 0.2) is 36.5 Å². The Balaban J connectivity index is 2.26. The monoisotopic (exact) mass is 217 g/mol. The highest BCUT2D eigenvalue weighted by atomic mass is 32.1. The Morgan fingerprint density at radius 3 is 3.07 bits per heavy atom. The quantitative estimate of drug-likeness (QED) is 0.722. The Morgan fingerprint density at radius 2 is 2.27 bits per heavy atom. The summed E-state index contributed by atoms with van der Waals surface area (Å²) in [5.74, 6) is 0. The van der Waals surface area contributed by atoms with E-state index in [0.29, 0.717) is 11.7 Å². The molecule has 0 aliphatic heterocycles. The van der Waals surface area contributed by atoms with E-state index in [1.54, 1.807) is 13.1 Å². The van der Waals surface area contributed by atoms with Crippen LogP contribution >= 0.6 is 12.2 Å². The molecule has 0 radical (unpaired) electrons. The molecule has 1 aromatic carbocycles. The van der Waals surface area contributed by atoms with Gasteiger partial charge in [-0.2, -0.15) is 0 Å². The van der Waals surface area contributed by atoms with Gasteiger partial charge < -0.3 is 4.74 Å². The number of ether oxygens (including phenoxy) is 1. The highest BCUT2D eigenvalue weighted by Crippen LogP contribution is 2.13. The van der Waals surface area contributed by atoms with Crippen molar-refractivity contribution in [3.8, 4) is 0 Å². The summed E-state index contributed by atoms with van der Waals surface area (Å²) < 4.78 is 5.29. The number of rotatable bonds is 2. The maximum absolute atomic E-state index is 5.29. The van der Waals surface area contributed by atoms with Gasteiger partial charge in [-0.15, -0.1) is 0 Å². The number of pyridine rings is 1. The first-order chi connectivity index (χ1) is 7.25. The number of benzene rings is 1. The van der Waals surface area contributed by atoms with E-state index in [2.05, 4.69) is 11.1 Å². The van der Waals surface area contributed by atoms with Crippen LogP contribution in [0, 0.1) is 0 Å². The van der Waals surface area contributed by atoms with Gasteiger partial charge in [0.05, 0.1) is 5.52 Å². The van der Waals surface area contributed by atoms with Crippen molar-refractivity contribution in [3.05, 3.63) is 42.1 Å². The van der Waals surface area contributed by atoms with Crippen molar-refractivity contribution in [2.24, 2.45) is 0 Å². The number of thiocarbonyl (C=S) groups is 1. The molecule has 0 saturated carbocycles. The Morgan fingerprint density at radius 1 is 1.40 bits per heavy atom. The minimum Gasteiger partial charge on any atom is -0.483 e. The lowest BCUT2D eigenvalue weighted by Gasteiger charge is -2.04. The zero-order valence-corrected chi connectivity index (χ0v) is 9.25. The SMILES string of the molecule is CC(=S)OCc1ccc2ncccc2c1. The topological polar surface area (TPSA) is 22.1 Å². The first kappa shape index (κ1) is 10.1. The van der Waals surface area contributed by atoms with E-state index in [9.17, 15) is 0 Å². The predicted octanol–water partition coefficient (Wildman–Crippen LogP) is 3.10. The average molecular weight is 217 g/mol. The molecule has 3 heteroatoms. The molecule has 1 aromatic heterocycles. The van der Waals surface area contributed by atoms with Crippen molar-refractivity contribution in [3.63, 3.8) is 0 Å². The summed E-state index contributed by atoms with van der Waals surface area (Å²) >= 11 is 4.86. The first-order valence-electron chi connectivity index (χ1n) is 4.73. The van der Waals surface area contributed by atoms with Gasteiger partial charge in [0.2, 0.25) is 0 Å². The summed E-state index contributed by atoms with van der Waals surface area (Å²) in [5.41, 5.74) is 2.11. The molecule has 0 aliphatic rings. The minimum atomic E-state index is 0.528. The van der Waals surface area contributed by atoms with Gasteiger partial charge in [-0.05, 0) is 36.0 Å². The third-order valence-corrected chi connectivity index (χ3v) is 2.23. The minimum absolute atomic E-state index is 0.528. The van der Waals surface area contributed by atoms with Gasteiger partial charge in [0.15, 0.2) is 5.05 Å². The van der Waals surface area contributed by atoms with Crippen molar-refractivity contribution in [1.29, 1.82) is 0 Å². The van der Waals surface area contributed by atoms with Gasteiger partial charge in [0, 0.05) is 18.5 Å². The van der Waals surface area contributed by atoms with E-state index in [0.717, 1.165) is 16.5 Å². The smallest absolute Gasteiger partial charge is 0.157 e. The maximum Gasteiger partial charge on any atom is 0.157 e. The van der Waals surface area contributed by atoms with Crippen LogP contribution in [0.4, 0.5) is 0 Å². The van der Waals surface area contributed by atoms with Crippen LogP contribution < -0.4 is 0 Å². The zero-order chi connectivity index (χ0) is 10.7. The summed E-state index contributed by atoms with van der Waals surface area (Å²) in [6, 6.07) is 10.0. The second-order valence-corrected chi connectivity index (χ2v) is 3.89. The summed E-state index contributed by atoms with van der Waals surface area (Å²) in [7, 11) is 0. The summed E-state index contributed by atoms with van der Waals surface area (Å²) in [6.07, 6.45) is 1.79. The van der Waals surface area contributed by atoms with Crippen LogP contribution in [0.3, 0.4) is 0 Å². The standard InChI is InChI=1S/C12H11NOS/c1-9(15)14-8-10-4-5-12-11(7-10)3-2-6-13-12/h2-7H,8H2,1H3. The fraction of sp³-hybridized carbons (Fsp3) is 0.167. The van der Waals surface area contributed by atoms with Crippen LogP contribution in [0.5, 0.6) is 0 Å². The third kappa shape index (κ3) is 2.50. The number of fused-ring (bicyclic) bond motifs is 1. The van der Waals surface area contributed by atoms with Crippen molar-refractivity contribution in [2.75, 3.05) is 0 Å². The molecule has 2 rings (SSSR count). The lowest BCUT2D eigenvalue weighted by atomic mass is 10.1. The van der Waals surface area contributed by atoms with Crippen molar-refractivity contribution in [1.82, 2.24) is 4.98 Å². The Bertz CT molecular complexity index is 496. The summed E-state index contributed by atoms with van der Waals surface area (Å²) in [4.78, 5) is 4.25. The predicted molar refractivity (Wildman–Crippen MR) is 64.8 cm³/mol. The van der Waals surface area contributed by atoms with Gasteiger partial charge in [0.1, 0.15) is 6.61 Å². The van der Waals surface area contributed by atoms with Gasteiger partial charge in [-0.1, -0.05) is 12.1 Å². The molecule has 76 valence electrons. The second kappa shape index (κ2) is 4.36. The zero-order valence-electron chi connectivity index (χ0n) is 8.43. The number of hydrogen-bond acceptors (Lipinski definition) is 3. The molecular weight excluding hydrogens is 206 g/mol. The molecule has 1 heterocycles. The molecule has 2 aromatic rings. The van der Waals surface area contributed by atoms with Crippen LogP contribution in [-0.2, 0) is 11.3 Å². The Hall–Kier alpha value is -1.48. The van der Waals surface area contributed by atoms with Crippen molar-refractivity contribution < 1.29 is 4.74 Å². The van der Waals surface area contributed by atoms with Gasteiger partial charge >= 0.3 is 0 Å². The Kier molecular flexibility index (Phi) is 2.92. The fourth-order valence-corrected chi connectivity index (χ4v) is 1.46. The van der Waals surface area contributed by atoms with Crippen LogP contribution in [-0.4, -0.2) is 10.0 Å². The van der Waals surface area contributed by atoms with E-state index >= 15 is 0 Å². The molecule has 15 heavy (non-hydrogen) atoms. The highest BCUT2D eigenvalue weighted by Gasteiger charge is 1.97. The van der Waals surface area contributed by atoms with E-state index < -0.39 is 0 Å². The molecule has 2 nitrogen and oxygen atoms in total. The van der Waals surface area contributed by atoms with E-state index in [4.69, 9.17) is 17.0 Å². The third-order valence-electron chi connectivity index (χ3n) is 2.11. The fourth-order valence-electron chi connectivity index (χ4n) is 1.40. The van der Waals surface area contributed by atoms with Crippen molar-refractivity contribution in [2.45, 2.75) is 13.5 Å². The molecule has 0 amide bonds. The maximum atomic E-state index is 5.29. The molecule has 0 spiro atoms. The number of nitrogens with zero attached hydrogens (tertiary/aromatic N) is 1. The van der Waals surface area contributed by atoms with Crippen LogP contribution in [0.25, 0.3) is 10.9 Å². The molecular formula is C12H11NOS. The molecule has 0 saturated heterocycles. The van der Waals surface area contributed by atoms with Gasteiger partial charge in [-0.25, -0.2) is 0 Å². The van der Waals surface area contributed by atoms with Crippen LogP contribution in [0.1, 0.15) is 12.5 Å². The molecule has 0 aliphatic carbocycles. The van der Waals surface area contributed by atoms with E-state index in [1.807, 2.05) is 24.3 Å². The van der Waals surface area contributed by atoms with Gasteiger partial charge in [0.25, 0.3) is 0 Å². The summed E-state index contributed by atoms with van der Waals surface area (Å²) in [5, 5.41) is 1.70.